The van der Waals surface area contributed by atoms with E-state index < -0.39 is 0 Å². The molecule has 106 valence electrons. The first-order valence-corrected chi connectivity index (χ1v) is 8.47. The van der Waals surface area contributed by atoms with Crippen molar-refractivity contribution in [3.63, 3.8) is 0 Å². The van der Waals surface area contributed by atoms with Gasteiger partial charge in [-0.05, 0) is 44.6 Å². The van der Waals surface area contributed by atoms with Crippen LogP contribution < -0.4 is 5.32 Å². The second kappa shape index (κ2) is 7.53. The molecule has 1 N–H and O–H groups in total. The van der Waals surface area contributed by atoms with Crippen LogP contribution in [0.3, 0.4) is 0 Å². The molecular weight excluding hydrogens is 276 g/mol. The topological polar surface area (TPSA) is 15.3 Å². The van der Waals surface area contributed by atoms with E-state index in [0.717, 1.165) is 18.1 Å². The van der Waals surface area contributed by atoms with Gasteiger partial charge < -0.3 is 5.32 Å². The molecule has 0 aromatic heterocycles. The summed E-state index contributed by atoms with van der Waals surface area (Å²) in [6, 6.07) is 9.27. The highest BCUT2D eigenvalue weighted by atomic mass is 35.5. The van der Waals surface area contributed by atoms with E-state index in [9.17, 15) is 0 Å². The number of rotatable bonds is 5. The Morgan fingerprint density at radius 1 is 1.53 bits per heavy atom. The van der Waals surface area contributed by atoms with E-state index in [0.29, 0.717) is 12.1 Å². The van der Waals surface area contributed by atoms with Crippen molar-refractivity contribution in [2.24, 2.45) is 0 Å². The Kier molecular flexibility index (Phi) is 6.02. The molecule has 0 radical (unpaired) electrons. The molecule has 0 amide bonds. The second-order valence-corrected chi connectivity index (χ2v) is 6.81. The number of hydrogen-bond donors (Lipinski definition) is 1. The maximum absolute atomic E-state index is 6.06. The molecule has 0 aliphatic carbocycles. The van der Waals surface area contributed by atoms with E-state index in [-0.39, 0.29) is 0 Å². The van der Waals surface area contributed by atoms with Gasteiger partial charge in [-0.2, -0.15) is 11.8 Å². The minimum atomic E-state index is 0.412. The lowest BCUT2D eigenvalue weighted by Crippen LogP contribution is -2.39. The normalized spacial score (nSPS) is 21.6. The molecule has 1 fully saturated rings. The molecule has 1 aromatic rings. The molecule has 1 aromatic carbocycles. The zero-order valence-electron chi connectivity index (χ0n) is 11.7. The molecule has 2 nitrogen and oxygen atoms in total. The van der Waals surface area contributed by atoms with Crippen LogP contribution in [0.4, 0.5) is 0 Å². The van der Waals surface area contributed by atoms with Crippen molar-refractivity contribution in [1.82, 2.24) is 10.2 Å². The van der Waals surface area contributed by atoms with E-state index >= 15 is 0 Å². The minimum Gasteiger partial charge on any atom is -0.312 e. The van der Waals surface area contributed by atoms with Crippen LogP contribution in [0.15, 0.2) is 24.3 Å². The van der Waals surface area contributed by atoms with Crippen molar-refractivity contribution < 1.29 is 0 Å². The first-order valence-electron chi connectivity index (χ1n) is 6.93. The zero-order valence-corrected chi connectivity index (χ0v) is 13.3. The molecule has 19 heavy (non-hydrogen) atoms. The highest BCUT2D eigenvalue weighted by Crippen LogP contribution is 2.22. The summed E-state index contributed by atoms with van der Waals surface area (Å²) in [7, 11) is 2.20. The first kappa shape index (κ1) is 15.2. The number of hydrogen-bond acceptors (Lipinski definition) is 3. The van der Waals surface area contributed by atoms with E-state index in [4.69, 9.17) is 11.6 Å². The molecule has 2 unspecified atom stereocenters. The highest BCUT2D eigenvalue weighted by Gasteiger charge is 2.16. The predicted octanol–water partition coefficient (Wildman–Crippen LogP) is 3.43. The molecule has 1 saturated heterocycles. The molecule has 1 aliphatic rings. The Labute approximate surface area is 125 Å². The Hall–Kier alpha value is -0.220. The molecule has 0 saturated carbocycles. The fraction of sp³-hybridized carbons (Fsp3) is 0.600. The summed E-state index contributed by atoms with van der Waals surface area (Å²) >= 11 is 8.12. The lowest BCUT2D eigenvalue weighted by atomic mass is 10.1. The Balaban J connectivity index is 1.83. The molecule has 2 rings (SSSR count). The third-order valence-corrected chi connectivity index (χ3v) is 5.19. The average Bonchev–Trinajstić information content (AvgIpc) is 2.45. The van der Waals surface area contributed by atoms with E-state index in [1.807, 2.05) is 12.1 Å². The van der Waals surface area contributed by atoms with Crippen LogP contribution in [0.2, 0.25) is 5.02 Å². The highest BCUT2D eigenvalue weighted by molar-refractivity contribution is 7.99. The Bertz CT molecular complexity index is 393. The van der Waals surface area contributed by atoms with Gasteiger partial charge in [0.25, 0.3) is 0 Å². The summed E-state index contributed by atoms with van der Waals surface area (Å²) in [6.07, 6.45) is 1.22. The van der Waals surface area contributed by atoms with Gasteiger partial charge in [0, 0.05) is 35.2 Å². The predicted molar refractivity (Wildman–Crippen MR) is 86.2 cm³/mol. The Morgan fingerprint density at radius 2 is 2.37 bits per heavy atom. The van der Waals surface area contributed by atoms with Crippen LogP contribution in [0, 0.1) is 0 Å². The van der Waals surface area contributed by atoms with Crippen LogP contribution in [0.5, 0.6) is 0 Å². The van der Waals surface area contributed by atoms with Gasteiger partial charge in [-0.3, -0.25) is 4.90 Å². The summed E-state index contributed by atoms with van der Waals surface area (Å²) in [5.74, 6) is 2.50. The molecule has 1 heterocycles. The van der Waals surface area contributed by atoms with E-state index in [1.54, 1.807) is 0 Å². The number of nitrogens with one attached hydrogen (secondary N) is 1. The smallest absolute Gasteiger partial charge is 0.0409 e. The van der Waals surface area contributed by atoms with Gasteiger partial charge >= 0.3 is 0 Å². The summed E-state index contributed by atoms with van der Waals surface area (Å²) in [5, 5.41) is 4.42. The van der Waals surface area contributed by atoms with E-state index in [1.165, 1.54) is 23.5 Å². The lowest BCUT2D eigenvalue weighted by Gasteiger charge is -2.29. The molecule has 0 bridgehead atoms. The Morgan fingerprint density at radius 3 is 3.05 bits per heavy atom. The largest absolute Gasteiger partial charge is 0.312 e. The molecule has 2 atom stereocenters. The van der Waals surface area contributed by atoms with Crippen molar-refractivity contribution in [3.8, 4) is 0 Å². The number of halogens is 1. The fourth-order valence-electron chi connectivity index (χ4n) is 2.38. The first-order chi connectivity index (χ1) is 9.16. The number of benzene rings is 1. The van der Waals surface area contributed by atoms with Crippen molar-refractivity contribution >= 4 is 23.4 Å². The van der Waals surface area contributed by atoms with Crippen molar-refractivity contribution in [3.05, 3.63) is 34.9 Å². The monoisotopic (exact) mass is 298 g/mol. The van der Waals surface area contributed by atoms with Gasteiger partial charge in [0.2, 0.25) is 0 Å². The third-order valence-electron chi connectivity index (χ3n) is 3.82. The average molecular weight is 299 g/mol. The molecule has 0 spiro atoms. The summed E-state index contributed by atoms with van der Waals surface area (Å²) in [4.78, 5) is 2.41. The molecular formula is C15H23ClN2S. The standard InChI is InChI=1S/C15H23ClN2S/c1-12(13-4-3-5-14(16)10-13)18(2)8-6-15-11-19-9-7-17-15/h3-5,10,12,15,17H,6-9,11H2,1-2H3. The molecule has 1 aliphatic heterocycles. The zero-order chi connectivity index (χ0) is 13.7. The lowest BCUT2D eigenvalue weighted by molar-refractivity contribution is 0.248. The summed E-state index contributed by atoms with van der Waals surface area (Å²) in [5.41, 5.74) is 1.29. The van der Waals surface area contributed by atoms with Gasteiger partial charge in [0.05, 0.1) is 0 Å². The van der Waals surface area contributed by atoms with Crippen LogP contribution in [-0.2, 0) is 0 Å². The SMILES string of the molecule is CC(c1cccc(Cl)c1)N(C)CCC1CSCCN1. The number of nitrogens with zero attached hydrogens (tertiary/aromatic N) is 1. The maximum Gasteiger partial charge on any atom is 0.0409 e. The van der Waals surface area contributed by atoms with Crippen LogP contribution in [-0.4, -0.2) is 42.6 Å². The summed E-state index contributed by atoms with van der Waals surface area (Å²) < 4.78 is 0. The third kappa shape index (κ3) is 4.67. The van der Waals surface area contributed by atoms with Crippen LogP contribution in [0.25, 0.3) is 0 Å². The van der Waals surface area contributed by atoms with Crippen LogP contribution in [0.1, 0.15) is 24.9 Å². The maximum atomic E-state index is 6.06. The number of thioether (sulfide) groups is 1. The van der Waals surface area contributed by atoms with Gasteiger partial charge in [-0.15, -0.1) is 0 Å². The van der Waals surface area contributed by atoms with Crippen LogP contribution >= 0.6 is 23.4 Å². The van der Waals surface area contributed by atoms with Crippen molar-refractivity contribution in [1.29, 1.82) is 0 Å². The van der Waals surface area contributed by atoms with Crippen molar-refractivity contribution in [2.45, 2.75) is 25.4 Å². The minimum absolute atomic E-state index is 0.412. The van der Waals surface area contributed by atoms with Crippen molar-refractivity contribution in [2.75, 3.05) is 31.6 Å². The fourth-order valence-corrected chi connectivity index (χ4v) is 3.58. The second-order valence-electron chi connectivity index (χ2n) is 5.23. The van der Waals surface area contributed by atoms with Gasteiger partial charge in [0.15, 0.2) is 0 Å². The van der Waals surface area contributed by atoms with E-state index in [2.05, 4.69) is 48.1 Å². The quantitative estimate of drug-likeness (QED) is 0.896. The molecule has 4 heteroatoms. The van der Waals surface area contributed by atoms with Gasteiger partial charge in [0.1, 0.15) is 0 Å². The summed E-state index contributed by atoms with van der Waals surface area (Å²) in [6.45, 7) is 4.52. The van der Waals surface area contributed by atoms with Gasteiger partial charge in [-0.1, -0.05) is 23.7 Å². The van der Waals surface area contributed by atoms with Gasteiger partial charge in [-0.25, -0.2) is 0 Å².